The Balaban J connectivity index is 3.67. The lowest BCUT2D eigenvalue weighted by Gasteiger charge is -2.18. The summed E-state index contributed by atoms with van der Waals surface area (Å²) < 4.78 is 31.3. The van der Waals surface area contributed by atoms with Gasteiger partial charge in [-0.1, -0.05) is 96.8 Å². The third-order valence-electron chi connectivity index (χ3n) is 5.91. The molecular formula is C25H50NO9P. The number of ether oxygens (including phenoxy) is 2. The normalized spacial score (nSPS) is 14.8. The van der Waals surface area contributed by atoms with Gasteiger partial charge in [0.2, 0.25) is 0 Å². The van der Waals surface area contributed by atoms with Gasteiger partial charge in [0.25, 0.3) is 0 Å². The van der Waals surface area contributed by atoms with Crippen molar-refractivity contribution < 1.29 is 42.7 Å². The Morgan fingerprint density at radius 2 is 1.22 bits per heavy atom. The summed E-state index contributed by atoms with van der Waals surface area (Å²) in [6.45, 7) is 1.05. The van der Waals surface area contributed by atoms with Crippen LogP contribution in [-0.4, -0.2) is 61.0 Å². The fourth-order valence-corrected chi connectivity index (χ4v) is 4.32. The zero-order valence-corrected chi connectivity index (χ0v) is 23.3. The first kappa shape index (κ1) is 35.0. The second-order valence-electron chi connectivity index (χ2n) is 9.25. The minimum Gasteiger partial charge on any atom is -0.480 e. The zero-order valence-electron chi connectivity index (χ0n) is 22.4. The summed E-state index contributed by atoms with van der Waals surface area (Å²) in [7, 11) is -3.16. The summed E-state index contributed by atoms with van der Waals surface area (Å²) in [5, 5.41) is 8.65. The number of carboxylic acid groups (broad SMARTS) is 1. The maximum atomic E-state index is 11.9. The van der Waals surface area contributed by atoms with E-state index < -0.39 is 32.5 Å². The number of phosphoric acid groups is 1. The van der Waals surface area contributed by atoms with Crippen molar-refractivity contribution in [2.24, 2.45) is 5.73 Å². The highest BCUT2D eigenvalue weighted by Gasteiger charge is 2.26. The third-order valence-corrected chi connectivity index (χ3v) is 6.86. The monoisotopic (exact) mass is 539 g/mol. The Bertz CT molecular complexity index is 606. The number of esters is 1. The number of methoxy groups -OCH3 is 1. The van der Waals surface area contributed by atoms with Gasteiger partial charge >= 0.3 is 19.8 Å². The molecule has 36 heavy (non-hydrogen) atoms. The average molecular weight is 540 g/mol. The molecular weight excluding hydrogens is 489 g/mol. The van der Waals surface area contributed by atoms with Crippen molar-refractivity contribution in [3.8, 4) is 0 Å². The second kappa shape index (κ2) is 23.1. The predicted molar refractivity (Wildman–Crippen MR) is 139 cm³/mol. The van der Waals surface area contributed by atoms with Gasteiger partial charge in [0.15, 0.2) is 0 Å². The van der Waals surface area contributed by atoms with Gasteiger partial charge in [-0.05, 0) is 6.42 Å². The summed E-state index contributed by atoms with van der Waals surface area (Å²) in [5.74, 6) is -1.73. The van der Waals surface area contributed by atoms with Gasteiger partial charge in [-0.3, -0.25) is 18.6 Å². The van der Waals surface area contributed by atoms with Crippen LogP contribution in [0.15, 0.2) is 0 Å². The Labute approximate surface area is 217 Å². The number of hydrogen-bond acceptors (Lipinski definition) is 8. The predicted octanol–water partition coefficient (Wildman–Crippen LogP) is 5.35. The smallest absolute Gasteiger partial charge is 0.472 e. The number of carboxylic acids is 1. The number of rotatable bonds is 26. The number of unbranched alkanes of at least 4 members (excludes halogenated alkanes) is 14. The molecule has 11 heteroatoms. The van der Waals surface area contributed by atoms with Gasteiger partial charge in [0.05, 0.1) is 13.2 Å². The van der Waals surface area contributed by atoms with E-state index in [0.717, 1.165) is 19.3 Å². The average Bonchev–Trinajstić information content (AvgIpc) is 2.84. The van der Waals surface area contributed by atoms with Crippen LogP contribution < -0.4 is 5.73 Å². The number of hydrogen-bond donors (Lipinski definition) is 3. The summed E-state index contributed by atoms with van der Waals surface area (Å²) in [5.41, 5.74) is 5.21. The van der Waals surface area contributed by atoms with Gasteiger partial charge in [0, 0.05) is 13.5 Å². The Morgan fingerprint density at radius 1 is 0.778 bits per heavy atom. The molecule has 0 aliphatic rings. The van der Waals surface area contributed by atoms with Crippen molar-refractivity contribution in [2.75, 3.05) is 26.9 Å². The quantitative estimate of drug-likeness (QED) is 0.0744. The molecule has 0 spiro atoms. The topological polar surface area (TPSA) is 155 Å². The first-order valence-electron chi connectivity index (χ1n) is 13.5. The first-order valence-corrected chi connectivity index (χ1v) is 15.0. The van der Waals surface area contributed by atoms with E-state index in [-0.39, 0.29) is 19.2 Å². The number of aliphatic carboxylic acids is 1. The minimum atomic E-state index is -4.51. The van der Waals surface area contributed by atoms with Crippen molar-refractivity contribution in [1.29, 1.82) is 0 Å². The van der Waals surface area contributed by atoms with Crippen LogP contribution in [0.5, 0.6) is 0 Å². The van der Waals surface area contributed by atoms with E-state index in [1.165, 1.54) is 84.2 Å². The molecule has 3 atom stereocenters. The number of nitrogens with two attached hydrogens (primary N) is 1. The first-order chi connectivity index (χ1) is 17.2. The molecule has 10 nitrogen and oxygen atoms in total. The lowest BCUT2D eigenvalue weighted by atomic mass is 10.0. The molecule has 0 aliphatic carbocycles. The molecule has 214 valence electrons. The van der Waals surface area contributed by atoms with Crippen molar-refractivity contribution in [3.05, 3.63) is 0 Å². The van der Waals surface area contributed by atoms with Crippen LogP contribution in [0, 0.1) is 0 Å². The number of phosphoric ester groups is 1. The highest BCUT2D eigenvalue weighted by molar-refractivity contribution is 7.47. The Morgan fingerprint density at radius 3 is 1.67 bits per heavy atom. The molecule has 4 N–H and O–H groups in total. The van der Waals surface area contributed by atoms with Crippen LogP contribution in [0.3, 0.4) is 0 Å². The van der Waals surface area contributed by atoms with Gasteiger partial charge in [-0.2, -0.15) is 0 Å². The van der Waals surface area contributed by atoms with Gasteiger partial charge in [0.1, 0.15) is 18.8 Å². The molecule has 0 heterocycles. The van der Waals surface area contributed by atoms with Crippen LogP contribution in [-0.2, 0) is 32.7 Å². The van der Waals surface area contributed by atoms with Crippen LogP contribution >= 0.6 is 7.82 Å². The van der Waals surface area contributed by atoms with Crippen LogP contribution in [0.2, 0.25) is 0 Å². The molecule has 0 saturated carbocycles. The standard InChI is InChI=1S/C25H50NO9P/c1-3-4-5-6-7-8-9-10-11-12-13-14-15-16-17-18-24(27)33-19-22(32-2)20-34-36(30,31)35-21-23(26)25(28)29/h22-23H,3-21,26H2,1-2H3,(H,28,29)(H,30,31)/t22-,23+/m1/s1. The van der Waals surface area contributed by atoms with E-state index in [0.29, 0.717) is 6.42 Å². The molecule has 1 unspecified atom stereocenters. The van der Waals surface area contributed by atoms with E-state index in [9.17, 15) is 19.0 Å². The molecule has 0 aliphatic heterocycles. The fourth-order valence-electron chi connectivity index (χ4n) is 3.54. The van der Waals surface area contributed by atoms with Crippen LogP contribution in [0.4, 0.5) is 0 Å². The Hall–Kier alpha value is -1.03. The highest BCUT2D eigenvalue weighted by atomic mass is 31.2. The van der Waals surface area contributed by atoms with E-state index >= 15 is 0 Å². The van der Waals surface area contributed by atoms with E-state index in [2.05, 4.69) is 11.4 Å². The maximum absolute atomic E-state index is 11.9. The summed E-state index contributed by atoms with van der Waals surface area (Å²) in [6.07, 6.45) is 18.3. The molecule has 0 saturated heterocycles. The third kappa shape index (κ3) is 22.2. The van der Waals surface area contributed by atoms with Gasteiger partial charge in [-0.15, -0.1) is 0 Å². The lowest BCUT2D eigenvalue weighted by molar-refractivity contribution is -0.148. The van der Waals surface area contributed by atoms with E-state index in [4.69, 9.17) is 24.8 Å². The summed E-state index contributed by atoms with van der Waals surface area (Å²) in [4.78, 5) is 32.1. The zero-order chi connectivity index (χ0) is 27.1. The molecule has 0 radical (unpaired) electrons. The molecule has 0 aromatic heterocycles. The summed E-state index contributed by atoms with van der Waals surface area (Å²) >= 11 is 0. The van der Waals surface area contributed by atoms with Crippen molar-refractivity contribution in [1.82, 2.24) is 0 Å². The fraction of sp³-hybridized carbons (Fsp3) is 0.920. The number of carbonyl (C=O) groups is 2. The van der Waals surface area contributed by atoms with Crippen molar-refractivity contribution in [2.45, 2.75) is 122 Å². The largest absolute Gasteiger partial charge is 0.480 e. The Kier molecular flexibility index (Phi) is 22.5. The lowest BCUT2D eigenvalue weighted by Crippen LogP contribution is -2.34. The minimum absolute atomic E-state index is 0.136. The van der Waals surface area contributed by atoms with Gasteiger partial charge < -0.3 is 25.2 Å². The molecule has 0 aromatic rings. The van der Waals surface area contributed by atoms with Crippen molar-refractivity contribution in [3.63, 3.8) is 0 Å². The SMILES string of the molecule is CCCCCCCCCCCCCCCCCC(=O)OC[C@H](COP(=O)(O)OC[C@H](N)C(=O)O)OC. The van der Waals surface area contributed by atoms with Gasteiger partial charge in [-0.25, -0.2) is 4.57 Å². The maximum Gasteiger partial charge on any atom is 0.472 e. The highest BCUT2D eigenvalue weighted by Crippen LogP contribution is 2.43. The van der Waals surface area contributed by atoms with Crippen molar-refractivity contribution >= 4 is 19.8 Å². The van der Waals surface area contributed by atoms with Crippen LogP contribution in [0.1, 0.15) is 110 Å². The molecule has 0 bridgehead atoms. The number of carbonyl (C=O) groups excluding carboxylic acids is 1. The summed E-state index contributed by atoms with van der Waals surface area (Å²) in [6, 6.07) is -1.45. The second-order valence-corrected chi connectivity index (χ2v) is 10.7. The molecule has 0 amide bonds. The molecule has 0 fully saturated rings. The molecule has 0 rings (SSSR count). The molecule has 0 aromatic carbocycles. The van der Waals surface area contributed by atoms with E-state index in [1.54, 1.807) is 0 Å². The van der Waals surface area contributed by atoms with Crippen LogP contribution in [0.25, 0.3) is 0 Å². The van der Waals surface area contributed by atoms with E-state index in [1.807, 2.05) is 0 Å².